The van der Waals surface area contributed by atoms with Crippen LogP contribution in [0.15, 0.2) is 65.4 Å². The Labute approximate surface area is 193 Å². The van der Waals surface area contributed by atoms with Crippen molar-refractivity contribution in [2.75, 3.05) is 10.6 Å². The Morgan fingerprint density at radius 1 is 0.875 bits per heavy atom. The second-order valence-electron chi connectivity index (χ2n) is 7.41. The van der Waals surface area contributed by atoms with Gasteiger partial charge in [-0.3, -0.25) is 4.79 Å². The summed E-state index contributed by atoms with van der Waals surface area (Å²) >= 11 is 3.36. The summed E-state index contributed by atoms with van der Waals surface area (Å²) in [5, 5.41) is 8.49. The molecule has 0 spiro atoms. The lowest BCUT2D eigenvalue weighted by molar-refractivity contribution is 0.0932. The molecular formula is C23H22BrN5O3. The number of ether oxygens (including phenoxy) is 1. The largest absolute Gasteiger partial charge is 0.438 e. The number of halogens is 1. The highest BCUT2D eigenvalue weighted by Gasteiger charge is 2.18. The highest BCUT2D eigenvalue weighted by Crippen LogP contribution is 2.22. The maximum absolute atomic E-state index is 12.2. The highest BCUT2D eigenvalue weighted by molar-refractivity contribution is 9.10. The van der Waals surface area contributed by atoms with Crippen LogP contribution >= 0.6 is 15.9 Å². The van der Waals surface area contributed by atoms with Gasteiger partial charge in [-0.1, -0.05) is 28.8 Å². The Morgan fingerprint density at radius 2 is 1.50 bits per heavy atom. The monoisotopic (exact) mass is 495 g/mol. The van der Waals surface area contributed by atoms with Gasteiger partial charge in [-0.05, 0) is 61.4 Å². The minimum absolute atomic E-state index is 0.215. The molecule has 0 radical (unpaired) electrons. The number of urea groups is 1. The number of nitrogens with one attached hydrogen (secondary N) is 3. The van der Waals surface area contributed by atoms with E-state index in [0.717, 1.165) is 30.2 Å². The van der Waals surface area contributed by atoms with Gasteiger partial charge in [0.2, 0.25) is 5.88 Å². The predicted octanol–water partition coefficient (Wildman–Crippen LogP) is 5.35. The minimum Gasteiger partial charge on any atom is -0.438 e. The van der Waals surface area contributed by atoms with Crippen molar-refractivity contribution in [2.45, 2.75) is 31.7 Å². The molecule has 8 nitrogen and oxygen atoms in total. The van der Waals surface area contributed by atoms with Crippen LogP contribution in [0.25, 0.3) is 0 Å². The maximum atomic E-state index is 12.2. The molecule has 1 aliphatic rings. The van der Waals surface area contributed by atoms with Crippen molar-refractivity contribution >= 4 is 39.2 Å². The summed E-state index contributed by atoms with van der Waals surface area (Å²) < 4.78 is 6.61. The first-order valence-electron chi connectivity index (χ1n) is 10.3. The van der Waals surface area contributed by atoms with Gasteiger partial charge in [0, 0.05) is 21.9 Å². The maximum Gasteiger partial charge on any atom is 0.323 e. The zero-order valence-corrected chi connectivity index (χ0v) is 18.8. The lowest BCUT2D eigenvalue weighted by Crippen LogP contribution is -2.33. The minimum atomic E-state index is -0.349. The molecule has 0 unspecified atom stereocenters. The highest BCUT2D eigenvalue weighted by atomic mass is 79.9. The number of hydrogen-bond acceptors (Lipinski definition) is 5. The van der Waals surface area contributed by atoms with Crippen LogP contribution < -0.4 is 20.7 Å². The van der Waals surface area contributed by atoms with E-state index in [2.05, 4.69) is 41.8 Å². The summed E-state index contributed by atoms with van der Waals surface area (Å²) in [7, 11) is 0. The van der Waals surface area contributed by atoms with Crippen LogP contribution in [0.3, 0.4) is 0 Å². The quantitative estimate of drug-likeness (QED) is 0.427. The van der Waals surface area contributed by atoms with Gasteiger partial charge < -0.3 is 20.7 Å². The summed E-state index contributed by atoms with van der Waals surface area (Å²) in [5.41, 5.74) is 1.56. The van der Waals surface area contributed by atoms with E-state index >= 15 is 0 Å². The van der Waals surface area contributed by atoms with Crippen LogP contribution in [0.2, 0.25) is 0 Å². The fraction of sp³-hybridized carbons (Fsp3) is 0.217. The molecule has 32 heavy (non-hydrogen) atoms. The van der Waals surface area contributed by atoms with E-state index in [0.29, 0.717) is 17.1 Å². The third-order valence-corrected chi connectivity index (χ3v) is 5.52. The smallest absolute Gasteiger partial charge is 0.323 e. The zero-order valence-electron chi connectivity index (χ0n) is 17.2. The molecule has 3 aromatic rings. The van der Waals surface area contributed by atoms with Gasteiger partial charge >= 0.3 is 6.03 Å². The van der Waals surface area contributed by atoms with Crippen molar-refractivity contribution in [1.82, 2.24) is 15.3 Å². The molecule has 1 fully saturated rings. The Morgan fingerprint density at radius 3 is 2.09 bits per heavy atom. The average molecular weight is 496 g/mol. The van der Waals surface area contributed by atoms with Crippen LogP contribution in [0.5, 0.6) is 11.6 Å². The van der Waals surface area contributed by atoms with Crippen molar-refractivity contribution in [3.05, 3.63) is 71.1 Å². The van der Waals surface area contributed by atoms with Crippen LogP contribution in [-0.2, 0) is 0 Å². The topological polar surface area (TPSA) is 105 Å². The first kappa shape index (κ1) is 21.8. The summed E-state index contributed by atoms with van der Waals surface area (Å²) in [4.78, 5) is 32.7. The van der Waals surface area contributed by atoms with E-state index in [-0.39, 0.29) is 29.6 Å². The van der Waals surface area contributed by atoms with Gasteiger partial charge in [0.1, 0.15) is 11.4 Å². The zero-order chi connectivity index (χ0) is 22.3. The molecule has 3 amide bonds. The van der Waals surface area contributed by atoms with E-state index in [1.165, 1.54) is 12.4 Å². The molecule has 0 aliphatic heterocycles. The van der Waals surface area contributed by atoms with Gasteiger partial charge in [0.25, 0.3) is 5.91 Å². The molecule has 4 rings (SSSR count). The normalized spacial score (nSPS) is 13.4. The second kappa shape index (κ2) is 10.2. The SMILES string of the molecule is O=C(Nc1ccc(Br)cc1)Nc1ccc(Oc2cnc(C(=O)NC3CCCC3)cn2)cc1. The molecule has 2 aromatic carbocycles. The number of anilines is 2. The van der Waals surface area contributed by atoms with Crippen LogP contribution in [0.4, 0.5) is 16.2 Å². The molecule has 164 valence electrons. The van der Waals surface area contributed by atoms with E-state index in [1.54, 1.807) is 36.4 Å². The number of hydrogen-bond donors (Lipinski definition) is 3. The average Bonchev–Trinajstić information content (AvgIpc) is 3.30. The van der Waals surface area contributed by atoms with E-state index in [4.69, 9.17) is 4.74 Å². The van der Waals surface area contributed by atoms with Crippen molar-refractivity contribution < 1.29 is 14.3 Å². The van der Waals surface area contributed by atoms with Crippen LogP contribution in [0, 0.1) is 0 Å². The summed E-state index contributed by atoms with van der Waals surface area (Å²) in [5.74, 6) is 0.588. The molecule has 0 bridgehead atoms. The number of amides is 3. The Hall–Kier alpha value is -3.46. The summed E-state index contributed by atoms with van der Waals surface area (Å²) in [6.07, 6.45) is 7.14. The Balaban J connectivity index is 1.28. The lowest BCUT2D eigenvalue weighted by Gasteiger charge is -2.11. The molecule has 3 N–H and O–H groups in total. The number of rotatable bonds is 6. The molecule has 9 heteroatoms. The van der Waals surface area contributed by atoms with E-state index in [9.17, 15) is 9.59 Å². The standard InChI is InChI=1S/C23H22BrN5O3/c24-15-5-7-17(8-6-15)28-23(31)29-18-9-11-19(12-10-18)32-21-14-25-20(13-26-21)22(30)27-16-3-1-2-4-16/h5-14,16H,1-4H2,(H,27,30)(H2,28,29,31). The van der Waals surface area contributed by atoms with Gasteiger partial charge in [-0.15, -0.1) is 0 Å². The molecule has 1 aromatic heterocycles. The molecule has 1 saturated carbocycles. The number of aromatic nitrogens is 2. The predicted molar refractivity (Wildman–Crippen MR) is 125 cm³/mol. The second-order valence-corrected chi connectivity index (χ2v) is 8.32. The fourth-order valence-electron chi connectivity index (χ4n) is 3.37. The first-order valence-corrected chi connectivity index (χ1v) is 11.1. The number of carbonyl (C=O) groups excluding carboxylic acids is 2. The lowest BCUT2D eigenvalue weighted by atomic mass is 10.2. The molecule has 1 heterocycles. The van der Waals surface area contributed by atoms with E-state index in [1.807, 2.05) is 12.1 Å². The Kier molecular flexibility index (Phi) is 6.96. The van der Waals surface area contributed by atoms with Crippen molar-refractivity contribution in [3.8, 4) is 11.6 Å². The molecule has 0 saturated heterocycles. The van der Waals surface area contributed by atoms with Gasteiger partial charge in [0.05, 0.1) is 12.4 Å². The van der Waals surface area contributed by atoms with E-state index < -0.39 is 0 Å². The van der Waals surface area contributed by atoms with Crippen LogP contribution in [0.1, 0.15) is 36.2 Å². The summed E-state index contributed by atoms with van der Waals surface area (Å²) in [6.45, 7) is 0. The van der Waals surface area contributed by atoms with Gasteiger partial charge in [0.15, 0.2) is 0 Å². The van der Waals surface area contributed by atoms with Crippen molar-refractivity contribution in [2.24, 2.45) is 0 Å². The Bertz CT molecular complexity index is 1070. The third kappa shape index (κ3) is 6.04. The van der Waals surface area contributed by atoms with Gasteiger partial charge in [-0.2, -0.15) is 0 Å². The number of benzene rings is 2. The molecular weight excluding hydrogens is 474 g/mol. The third-order valence-electron chi connectivity index (χ3n) is 4.99. The molecule has 0 atom stereocenters. The van der Waals surface area contributed by atoms with Gasteiger partial charge in [-0.25, -0.2) is 14.8 Å². The van der Waals surface area contributed by atoms with Crippen molar-refractivity contribution in [1.29, 1.82) is 0 Å². The van der Waals surface area contributed by atoms with Crippen molar-refractivity contribution in [3.63, 3.8) is 0 Å². The molecule has 1 aliphatic carbocycles. The van der Waals surface area contributed by atoms with Crippen LogP contribution in [-0.4, -0.2) is 27.9 Å². The first-order chi connectivity index (χ1) is 15.5. The summed E-state index contributed by atoms with van der Waals surface area (Å²) in [6, 6.07) is 14.0. The number of nitrogens with zero attached hydrogens (tertiary/aromatic N) is 2. The number of carbonyl (C=O) groups is 2. The fourth-order valence-corrected chi connectivity index (χ4v) is 3.63.